The summed E-state index contributed by atoms with van der Waals surface area (Å²) in [5, 5.41) is 11.6. The van der Waals surface area contributed by atoms with Crippen molar-refractivity contribution >= 4 is 28.6 Å². The molecular formula is C27H34N4O3S. The number of rotatable bonds is 11. The highest BCUT2D eigenvalue weighted by atomic mass is 32.2. The van der Waals surface area contributed by atoms with Crippen LogP contribution in [0.4, 0.5) is 0 Å². The van der Waals surface area contributed by atoms with Crippen LogP contribution >= 0.6 is 11.8 Å². The SMILES string of the molecule is COc1ccc2nccc(C(N)CC[C@@H]3CCN(CCSc4ccccn4)C[C@@H]3CC(=O)O)c2c1. The van der Waals surface area contributed by atoms with Crippen molar-refractivity contribution in [3.8, 4) is 5.75 Å². The maximum atomic E-state index is 11.6. The van der Waals surface area contributed by atoms with Gasteiger partial charge in [0.25, 0.3) is 0 Å². The molecule has 0 spiro atoms. The maximum Gasteiger partial charge on any atom is 0.303 e. The van der Waals surface area contributed by atoms with E-state index in [1.165, 1.54) is 0 Å². The summed E-state index contributed by atoms with van der Waals surface area (Å²) < 4.78 is 5.39. The van der Waals surface area contributed by atoms with Crippen LogP contribution in [0.2, 0.25) is 0 Å². The van der Waals surface area contributed by atoms with Gasteiger partial charge in [0.05, 0.1) is 17.7 Å². The van der Waals surface area contributed by atoms with Gasteiger partial charge in [0.1, 0.15) is 5.75 Å². The van der Waals surface area contributed by atoms with Gasteiger partial charge >= 0.3 is 5.97 Å². The molecule has 1 fully saturated rings. The van der Waals surface area contributed by atoms with E-state index in [2.05, 4.69) is 14.9 Å². The number of ether oxygens (including phenoxy) is 1. The van der Waals surface area contributed by atoms with Gasteiger partial charge in [0, 0.05) is 49.1 Å². The molecule has 0 saturated carbocycles. The molecule has 7 nitrogen and oxygen atoms in total. The number of carboxylic acid groups (broad SMARTS) is 1. The fourth-order valence-corrected chi connectivity index (χ4v) is 5.92. The summed E-state index contributed by atoms with van der Waals surface area (Å²) in [4.78, 5) is 22.8. The molecular weight excluding hydrogens is 460 g/mol. The molecule has 3 aromatic rings. The second-order valence-corrected chi connectivity index (χ2v) is 10.3. The number of nitrogens with zero attached hydrogens (tertiary/aromatic N) is 3. The van der Waals surface area contributed by atoms with E-state index in [9.17, 15) is 9.90 Å². The predicted molar refractivity (Wildman–Crippen MR) is 140 cm³/mol. The number of hydrogen-bond acceptors (Lipinski definition) is 7. The van der Waals surface area contributed by atoms with Crippen molar-refractivity contribution in [1.29, 1.82) is 0 Å². The standard InChI is InChI=1S/C27H34N4O3S/c1-34-21-6-8-25-23(17-21)22(9-12-29-25)24(28)7-5-19-10-13-31(18-20(19)16-27(32)33)14-15-35-26-4-2-3-11-30-26/h2-4,6,8-9,11-12,17,19-20,24H,5,7,10,13-16,18,28H2,1H3,(H,32,33)/t19-,20+,24?/m1/s1. The second kappa shape index (κ2) is 12.3. The summed E-state index contributed by atoms with van der Waals surface area (Å²) in [6.45, 7) is 2.76. The van der Waals surface area contributed by atoms with Gasteiger partial charge in [-0.1, -0.05) is 6.07 Å². The first-order chi connectivity index (χ1) is 17.0. The summed E-state index contributed by atoms with van der Waals surface area (Å²) in [5.74, 6) is 1.52. The zero-order valence-electron chi connectivity index (χ0n) is 20.2. The van der Waals surface area contributed by atoms with Crippen LogP contribution in [-0.2, 0) is 4.79 Å². The summed E-state index contributed by atoms with van der Waals surface area (Å²) in [5.41, 5.74) is 8.63. The highest BCUT2D eigenvalue weighted by Crippen LogP contribution is 2.34. The summed E-state index contributed by atoms with van der Waals surface area (Å²) >= 11 is 1.75. The lowest BCUT2D eigenvalue weighted by Gasteiger charge is -2.38. The van der Waals surface area contributed by atoms with Crippen LogP contribution < -0.4 is 10.5 Å². The predicted octanol–water partition coefficient (Wildman–Crippen LogP) is 4.62. The zero-order chi connectivity index (χ0) is 24.6. The van der Waals surface area contributed by atoms with Gasteiger partial charge in [0.15, 0.2) is 0 Å². The molecule has 3 heterocycles. The number of fused-ring (bicyclic) bond motifs is 1. The van der Waals surface area contributed by atoms with Crippen molar-refractivity contribution in [3.05, 3.63) is 60.4 Å². The van der Waals surface area contributed by atoms with Crippen LogP contribution in [-0.4, -0.2) is 58.4 Å². The van der Waals surface area contributed by atoms with E-state index in [-0.39, 0.29) is 18.4 Å². The fraction of sp³-hybridized carbons (Fsp3) is 0.444. The largest absolute Gasteiger partial charge is 0.497 e. The summed E-state index contributed by atoms with van der Waals surface area (Å²) in [7, 11) is 1.66. The maximum absolute atomic E-state index is 11.6. The van der Waals surface area contributed by atoms with Crippen molar-refractivity contribution in [2.75, 3.05) is 32.5 Å². The molecule has 4 rings (SSSR count). The number of nitrogens with two attached hydrogens (primary N) is 1. The van der Waals surface area contributed by atoms with Gasteiger partial charge in [0.2, 0.25) is 0 Å². The van der Waals surface area contributed by atoms with E-state index in [1.807, 2.05) is 48.7 Å². The summed E-state index contributed by atoms with van der Waals surface area (Å²) in [6, 6.07) is 13.7. The van der Waals surface area contributed by atoms with Crippen LogP contribution in [0.15, 0.2) is 59.9 Å². The van der Waals surface area contributed by atoms with Crippen molar-refractivity contribution in [3.63, 3.8) is 0 Å². The van der Waals surface area contributed by atoms with Gasteiger partial charge < -0.3 is 20.5 Å². The molecule has 1 unspecified atom stereocenters. The topological polar surface area (TPSA) is 102 Å². The Bertz CT molecular complexity index is 1110. The van der Waals surface area contributed by atoms with E-state index < -0.39 is 5.97 Å². The molecule has 0 bridgehead atoms. The normalized spacial score (nSPS) is 19.5. The fourth-order valence-electron chi connectivity index (χ4n) is 5.05. The number of benzene rings is 1. The summed E-state index contributed by atoms with van der Waals surface area (Å²) in [6.07, 6.45) is 6.56. The van der Waals surface area contributed by atoms with Crippen LogP contribution in [0.1, 0.15) is 37.3 Å². The van der Waals surface area contributed by atoms with Crippen molar-refractivity contribution in [2.24, 2.45) is 17.6 Å². The van der Waals surface area contributed by atoms with E-state index in [0.717, 1.165) is 71.9 Å². The third-order valence-corrected chi connectivity index (χ3v) is 7.86. The van der Waals surface area contributed by atoms with Crippen molar-refractivity contribution in [2.45, 2.75) is 36.8 Å². The number of aromatic nitrogens is 2. The average Bonchev–Trinajstić information content (AvgIpc) is 2.87. The monoisotopic (exact) mass is 494 g/mol. The molecule has 1 aromatic carbocycles. The van der Waals surface area contributed by atoms with Gasteiger partial charge in [-0.15, -0.1) is 11.8 Å². The lowest BCUT2D eigenvalue weighted by molar-refractivity contribution is -0.139. The highest BCUT2D eigenvalue weighted by molar-refractivity contribution is 7.99. The highest BCUT2D eigenvalue weighted by Gasteiger charge is 2.31. The van der Waals surface area contributed by atoms with E-state index in [1.54, 1.807) is 25.1 Å². The van der Waals surface area contributed by atoms with E-state index in [4.69, 9.17) is 10.5 Å². The number of likely N-dealkylation sites (tertiary alicyclic amines) is 1. The first kappa shape index (κ1) is 25.4. The van der Waals surface area contributed by atoms with Gasteiger partial charge in [-0.3, -0.25) is 9.78 Å². The number of methoxy groups -OCH3 is 1. The zero-order valence-corrected chi connectivity index (χ0v) is 21.0. The minimum Gasteiger partial charge on any atom is -0.497 e. The van der Waals surface area contributed by atoms with Gasteiger partial charge in [-0.2, -0.15) is 0 Å². The number of hydrogen-bond donors (Lipinski definition) is 2. The smallest absolute Gasteiger partial charge is 0.303 e. The Morgan fingerprint density at radius 2 is 2.11 bits per heavy atom. The number of carbonyl (C=O) groups is 1. The van der Waals surface area contributed by atoms with Crippen LogP contribution in [0, 0.1) is 11.8 Å². The minimum atomic E-state index is -0.721. The van der Waals surface area contributed by atoms with Crippen molar-refractivity contribution in [1.82, 2.24) is 14.9 Å². The lowest BCUT2D eigenvalue weighted by Crippen LogP contribution is -2.42. The molecule has 35 heavy (non-hydrogen) atoms. The molecule has 3 N–H and O–H groups in total. The Morgan fingerprint density at radius 3 is 2.89 bits per heavy atom. The molecule has 0 aliphatic carbocycles. The van der Waals surface area contributed by atoms with Gasteiger partial charge in [-0.25, -0.2) is 4.98 Å². The van der Waals surface area contributed by atoms with E-state index >= 15 is 0 Å². The lowest BCUT2D eigenvalue weighted by atomic mass is 9.79. The Kier molecular flexibility index (Phi) is 8.95. The van der Waals surface area contributed by atoms with E-state index in [0.29, 0.717) is 5.92 Å². The third kappa shape index (κ3) is 6.93. The molecule has 1 saturated heterocycles. The quantitative estimate of drug-likeness (QED) is 0.372. The second-order valence-electron chi connectivity index (χ2n) is 9.19. The number of carboxylic acids is 1. The number of aliphatic carboxylic acids is 1. The van der Waals surface area contributed by atoms with Crippen LogP contribution in [0.3, 0.4) is 0 Å². The first-order valence-corrected chi connectivity index (χ1v) is 13.2. The number of piperidine rings is 1. The molecule has 1 aliphatic heterocycles. The van der Waals surface area contributed by atoms with Crippen LogP contribution in [0.5, 0.6) is 5.75 Å². The Morgan fingerprint density at radius 1 is 1.23 bits per heavy atom. The number of pyridine rings is 2. The molecule has 186 valence electrons. The van der Waals surface area contributed by atoms with Crippen molar-refractivity contribution < 1.29 is 14.6 Å². The Balaban J connectivity index is 1.35. The molecule has 0 amide bonds. The molecule has 1 aliphatic rings. The first-order valence-electron chi connectivity index (χ1n) is 12.2. The average molecular weight is 495 g/mol. The molecule has 8 heteroatoms. The van der Waals surface area contributed by atoms with Crippen LogP contribution in [0.25, 0.3) is 10.9 Å². The Hall–Kier alpha value is -2.68. The molecule has 3 atom stereocenters. The molecule has 2 aromatic heterocycles. The minimum absolute atomic E-state index is 0.133. The third-order valence-electron chi connectivity index (χ3n) is 6.94. The Labute approximate surface area is 211 Å². The van der Waals surface area contributed by atoms with Gasteiger partial charge in [-0.05, 0) is 79.6 Å². The number of thioether (sulfide) groups is 1. The molecule has 0 radical (unpaired) electrons.